The summed E-state index contributed by atoms with van der Waals surface area (Å²) in [5.41, 5.74) is 7.83. The predicted octanol–water partition coefficient (Wildman–Crippen LogP) is 2.79. The molecule has 1 saturated heterocycles. The molecule has 3 rings (SSSR count). The van der Waals surface area contributed by atoms with E-state index in [1.54, 1.807) is 10.4 Å². The minimum Gasteiger partial charge on any atom is -0.326 e. The third-order valence-corrected chi connectivity index (χ3v) is 5.51. The number of piperidine rings is 1. The van der Waals surface area contributed by atoms with Crippen LogP contribution < -0.4 is 5.73 Å². The third kappa shape index (κ3) is 2.16. The van der Waals surface area contributed by atoms with Gasteiger partial charge in [-0.05, 0) is 55.2 Å². The number of fused-ring (bicyclic) bond motifs is 1. The van der Waals surface area contributed by atoms with Gasteiger partial charge in [-0.3, -0.25) is 4.90 Å². The molecule has 1 aromatic rings. The molecule has 3 atom stereocenters. The van der Waals surface area contributed by atoms with Gasteiger partial charge < -0.3 is 5.73 Å². The molecule has 2 aliphatic rings. The van der Waals surface area contributed by atoms with Crippen LogP contribution in [0.25, 0.3) is 0 Å². The first-order valence-corrected chi connectivity index (χ1v) is 7.69. The lowest BCUT2D eigenvalue weighted by Gasteiger charge is -2.41. The number of nitrogens with zero attached hydrogens (tertiary/aromatic N) is 1. The Kier molecular flexibility index (Phi) is 3.24. The maximum Gasteiger partial charge on any atom is 0.0359 e. The van der Waals surface area contributed by atoms with Gasteiger partial charge in [0.15, 0.2) is 0 Å². The van der Waals surface area contributed by atoms with E-state index in [2.05, 4.69) is 23.3 Å². The van der Waals surface area contributed by atoms with Crippen molar-refractivity contribution in [2.45, 2.75) is 44.7 Å². The molecule has 3 unspecified atom stereocenters. The highest BCUT2D eigenvalue weighted by atomic mass is 32.1. The van der Waals surface area contributed by atoms with Crippen LogP contribution in [-0.2, 0) is 6.42 Å². The van der Waals surface area contributed by atoms with Gasteiger partial charge in [-0.2, -0.15) is 0 Å². The lowest BCUT2D eigenvalue weighted by atomic mass is 9.88. The van der Waals surface area contributed by atoms with Crippen LogP contribution in [0.15, 0.2) is 11.4 Å². The molecular formula is C14H22N2S. The van der Waals surface area contributed by atoms with E-state index < -0.39 is 0 Å². The van der Waals surface area contributed by atoms with Gasteiger partial charge in [0.05, 0.1) is 0 Å². The summed E-state index contributed by atoms with van der Waals surface area (Å²) >= 11 is 1.94. The van der Waals surface area contributed by atoms with Gasteiger partial charge in [-0.1, -0.05) is 6.92 Å². The van der Waals surface area contributed by atoms with Crippen molar-refractivity contribution in [2.24, 2.45) is 11.7 Å². The van der Waals surface area contributed by atoms with E-state index in [0.717, 1.165) is 6.54 Å². The largest absolute Gasteiger partial charge is 0.326 e. The van der Waals surface area contributed by atoms with Crippen molar-refractivity contribution in [3.63, 3.8) is 0 Å². The summed E-state index contributed by atoms with van der Waals surface area (Å²) in [6.07, 6.45) is 5.22. The van der Waals surface area contributed by atoms with Gasteiger partial charge in [0.2, 0.25) is 0 Å². The Morgan fingerprint density at radius 1 is 1.41 bits per heavy atom. The molecule has 1 aromatic heterocycles. The van der Waals surface area contributed by atoms with Crippen molar-refractivity contribution in [1.29, 1.82) is 0 Å². The summed E-state index contributed by atoms with van der Waals surface area (Å²) in [5.74, 6) is 0.691. The third-order valence-electron chi connectivity index (χ3n) is 4.51. The number of thiophene rings is 1. The van der Waals surface area contributed by atoms with Crippen LogP contribution in [0.2, 0.25) is 0 Å². The average Bonchev–Trinajstić information content (AvgIpc) is 2.80. The zero-order valence-corrected chi connectivity index (χ0v) is 11.4. The molecule has 0 spiro atoms. The highest BCUT2D eigenvalue weighted by Crippen LogP contribution is 2.38. The van der Waals surface area contributed by atoms with Crippen molar-refractivity contribution >= 4 is 11.3 Å². The average molecular weight is 250 g/mol. The van der Waals surface area contributed by atoms with Crippen LogP contribution in [0, 0.1) is 5.92 Å². The van der Waals surface area contributed by atoms with Gasteiger partial charge >= 0.3 is 0 Å². The molecule has 0 radical (unpaired) electrons. The van der Waals surface area contributed by atoms with Crippen molar-refractivity contribution in [2.75, 3.05) is 13.1 Å². The van der Waals surface area contributed by atoms with Gasteiger partial charge in [0.1, 0.15) is 0 Å². The fourth-order valence-electron chi connectivity index (χ4n) is 3.25. The number of nitrogens with two attached hydrogens (primary N) is 1. The van der Waals surface area contributed by atoms with E-state index in [-0.39, 0.29) is 0 Å². The zero-order valence-electron chi connectivity index (χ0n) is 10.6. The van der Waals surface area contributed by atoms with E-state index in [0.29, 0.717) is 18.0 Å². The van der Waals surface area contributed by atoms with Crippen molar-refractivity contribution in [3.8, 4) is 0 Å². The molecule has 1 aliphatic heterocycles. The molecule has 0 aromatic carbocycles. The van der Waals surface area contributed by atoms with Crippen LogP contribution in [0.1, 0.15) is 42.7 Å². The Morgan fingerprint density at radius 3 is 3.12 bits per heavy atom. The van der Waals surface area contributed by atoms with Gasteiger partial charge in [0, 0.05) is 23.5 Å². The van der Waals surface area contributed by atoms with Crippen molar-refractivity contribution in [3.05, 3.63) is 21.9 Å². The molecule has 2 heterocycles. The van der Waals surface area contributed by atoms with E-state index in [9.17, 15) is 0 Å². The minimum atomic E-state index is 0.368. The summed E-state index contributed by atoms with van der Waals surface area (Å²) in [6, 6.07) is 3.37. The molecule has 94 valence electrons. The molecular weight excluding hydrogens is 228 g/mol. The predicted molar refractivity (Wildman–Crippen MR) is 73.3 cm³/mol. The quantitative estimate of drug-likeness (QED) is 0.830. The van der Waals surface area contributed by atoms with Crippen molar-refractivity contribution in [1.82, 2.24) is 4.90 Å². The standard InChI is InChI=1S/C14H22N2S/c1-10-5-7-16(9-12(10)15)13-3-2-4-14-11(13)6-8-17-14/h6,8,10,12-13H,2-5,7,9,15H2,1H3. The second kappa shape index (κ2) is 4.71. The molecule has 0 amide bonds. The second-order valence-electron chi connectivity index (χ2n) is 5.63. The van der Waals surface area contributed by atoms with Crippen LogP contribution in [0.3, 0.4) is 0 Å². The fourth-order valence-corrected chi connectivity index (χ4v) is 4.23. The topological polar surface area (TPSA) is 29.3 Å². The van der Waals surface area contributed by atoms with E-state index >= 15 is 0 Å². The number of rotatable bonds is 1. The maximum atomic E-state index is 6.23. The summed E-state index contributed by atoms with van der Waals surface area (Å²) < 4.78 is 0. The summed E-state index contributed by atoms with van der Waals surface area (Å²) in [7, 11) is 0. The Hall–Kier alpha value is -0.380. The lowest BCUT2D eigenvalue weighted by molar-refractivity contribution is 0.110. The SMILES string of the molecule is CC1CCN(C2CCCc3sccc32)CC1N. The fraction of sp³-hybridized carbons (Fsp3) is 0.714. The van der Waals surface area contributed by atoms with Gasteiger partial charge in [0.25, 0.3) is 0 Å². The summed E-state index contributed by atoms with van der Waals surface area (Å²) in [5, 5.41) is 2.26. The monoisotopic (exact) mass is 250 g/mol. The van der Waals surface area contributed by atoms with E-state index in [4.69, 9.17) is 5.73 Å². The highest BCUT2D eigenvalue weighted by Gasteiger charge is 2.31. The molecule has 1 aliphatic carbocycles. The minimum absolute atomic E-state index is 0.368. The second-order valence-corrected chi connectivity index (χ2v) is 6.63. The first-order valence-electron chi connectivity index (χ1n) is 6.81. The molecule has 17 heavy (non-hydrogen) atoms. The zero-order chi connectivity index (χ0) is 11.8. The van der Waals surface area contributed by atoms with E-state index in [1.807, 2.05) is 11.3 Å². The van der Waals surface area contributed by atoms with Crippen LogP contribution in [0.5, 0.6) is 0 Å². The summed E-state index contributed by atoms with van der Waals surface area (Å²) in [4.78, 5) is 4.25. The Morgan fingerprint density at radius 2 is 2.29 bits per heavy atom. The van der Waals surface area contributed by atoms with Crippen LogP contribution >= 0.6 is 11.3 Å². The first kappa shape index (κ1) is 11.7. The van der Waals surface area contributed by atoms with Crippen LogP contribution in [-0.4, -0.2) is 24.0 Å². The first-order chi connectivity index (χ1) is 8.25. The summed E-state index contributed by atoms with van der Waals surface area (Å²) in [6.45, 7) is 4.61. The normalized spacial score (nSPS) is 34.6. The maximum absolute atomic E-state index is 6.23. The van der Waals surface area contributed by atoms with E-state index in [1.165, 1.54) is 32.2 Å². The Balaban J connectivity index is 1.78. The molecule has 3 heteroatoms. The highest BCUT2D eigenvalue weighted by molar-refractivity contribution is 7.10. The Labute approximate surface area is 108 Å². The molecule has 2 N–H and O–H groups in total. The Bertz CT molecular complexity index is 387. The molecule has 0 bridgehead atoms. The molecule has 1 fully saturated rings. The van der Waals surface area contributed by atoms with Gasteiger partial charge in [-0.25, -0.2) is 0 Å². The smallest absolute Gasteiger partial charge is 0.0359 e. The lowest BCUT2D eigenvalue weighted by Crippen LogP contribution is -2.49. The number of aryl methyl sites for hydroxylation is 1. The number of hydrogen-bond acceptors (Lipinski definition) is 3. The number of hydrogen-bond donors (Lipinski definition) is 1. The molecule has 2 nitrogen and oxygen atoms in total. The van der Waals surface area contributed by atoms with Crippen LogP contribution in [0.4, 0.5) is 0 Å². The van der Waals surface area contributed by atoms with Gasteiger partial charge in [-0.15, -0.1) is 11.3 Å². The van der Waals surface area contributed by atoms with Crippen molar-refractivity contribution < 1.29 is 0 Å². The number of likely N-dealkylation sites (tertiary alicyclic amines) is 1. The molecule has 0 saturated carbocycles.